The van der Waals surface area contributed by atoms with Crippen LogP contribution in [0.25, 0.3) is 22.4 Å². The summed E-state index contributed by atoms with van der Waals surface area (Å²) in [5, 5.41) is 12.7. The van der Waals surface area contributed by atoms with Gasteiger partial charge in [-0.25, -0.2) is 9.97 Å². The Morgan fingerprint density at radius 1 is 1.17 bits per heavy atom. The summed E-state index contributed by atoms with van der Waals surface area (Å²) in [6.45, 7) is 1.37. The molecule has 2 aromatic heterocycles. The maximum Gasteiger partial charge on any atom is 0.304 e. The van der Waals surface area contributed by atoms with Gasteiger partial charge in [0.05, 0.1) is 24.6 Å². The Labute approximate surface area is 247 Å². The molecule has 1 atom stereocenters. The van der Waals surface area contributed by atoms with Gasteiger partial charge >= 0.3 is 5.97 Å². The van der Waals surface area contributed by atoms with Crippen molar-refractivity contribution in [2.24, 2.45) is 5.92 Å². The number of pyridine rings is 1. The molecule has 3 heterocycles. The molecule has 1 amide bonds. The number of amides is 1. The van der Waals surface area contributed by atoms with E-state index in [1.165, 1.54) is 11.3 Å². The molecule has 41 heavy (non-hydrogen) atoms. The molecule has 210 valence electrons. The van der Waals surface area contributed by atoms with Crippen LogP contribution in [0.1, 0.15) is 24.8 Å². The Morgan fingerprint density at radius 3 is 2.73 bits per heavy atom. The quantitative estimate of drug-likeness (QED) is 0.249. The summed E-state index contributed by atoms with van der Waals surface area (Å²) < 4.78 is 5.88. The largest absolute Gasteiger partial charge is 0.488 e. The van der Waals surface area contributed by atoms with E-state index in [0.29, 0.717) is 28.9 Å². The third kappa shape index (κ3) is 5.92. The molecule has 0 saturated heterocycles. The molecule has 2 aromatic carbocycles. The highest BCUT2D eigenvalue weighted by Crippen LogP contribution is 2.41. The number of aromatic nitrogens is 2. The Kier molecular flexibility index (Phi) is 7.64. The van der Waals surface area contributed by atoms with E-state index in [2.05, 4.69) is 9.88 Å². The molecule has 1 aliphatic heterocycles. The molecule has 1 fully saturated rings. The standard InChI is InChI=1S/C31H29ClN4O4S/c1-35-11-12-40-27-14-21(17-33-29(27)35)24-10-7-22(32)16-25(24)26-18-41-31(34-26)36(23-8-9-23)30(39)20(15-28(37)38)13-19-5-3-2-4-6-19/h2-7,10,14,16-18,20,23H,8-9,11-13,15H2,1H3,(H,37,38)/t20-/m1/s1. The molecular weight excluding hydrogens is 560 g/mol. The van der Waals surface area contributed by atoms with Gasteiger partial charge in [-0.3, -0.25) is 14.5 Å². The molecule has 1 saturated carbocycles. The van der Waals surface area contributed by atoms with Crippen molar-refractivity contribution in [3.63, 3.8) is 0 Å². The van der Waals surface area contributed by atoms with Gasteiger partial charge in [0.1, 0.15) is 6.61 Å². The fraction of sp³-hybridized carbons (Fsp3) is 0.290. The highest BCUT2D eigenvalue weighted by molar-refractivity contribution is 7.14. The van der Waals surface area contributed by atoms with E-state index in [1.807, 2.05) is 73.2 Å². The Hall–Kier alpha value is -3.95. The number of carboxylic acid groups (broad SMARTS) is 1. The second-order valence-corrected chi connectivity index (χ2v) is 11.7. The summed E-state index contributed by atoms with van der Waals surface area (Å²) in [4.78, 5) is 39.0. The maximum absolute atomic E-state index is 13.9. The summed E-state index contributed by atoms with van der Waals surface area (Å²) in [6, 6.07) is 17.2. The number of halogens is 1. The third-order valence-electron chi connectivity index (χ3n) is 7.39. The van der Waals surface area contributed by atoms with Crippen LogP contribution in [0.4, 0.5) is 10.9 Å². The van der Waals surface area contributed by atoms with Gasteiger partial charge in [0.25, 0.3) is 0 Å². The lowest BCUT2D eigenvalue weighted by Gasteiger charge is -2.26. The van der Waals surface area contributed by atoms with Crippen LogP contribution >= 0.6 is 22.9 Å². The second-order valence-electron chi connectivity index (χ2n) is 10.4. The van der Waals surface area contributed by atoms with Gasteiger partial charge in [0, 0.05) is 40.8 Å². The SMILES string of the molecule is CN1CCOc2cc(-c3ccc(Cl)cc3-c3csc(N(C(=O)[C@@H](CC(=O)O)Cc4ccccc4)C4CC4)n3)cnc21. The van der Waals surface area contributed by atoms with E-state index in [4.69, 9.17) is 21.3 Å². The van der Waals surface area contributed by atoms with Gasteiger partial charge in [0.2, 0.25) is 5.91 Å². The number of nitrogens with zero attached hydrogens (tertiary/aromatic N) is 4. The molecule has 0 unspecified atom stereocenters. The van der Waals surface area contributed by atoms with Crippen molar-refractivity contribution in [1.82, 2.24) is 9.97 Å². The molecule has 1 aliphatic carbocycles. The summed E-state index contributed by atoms with van der Waals surface area (Å²) in [5.41, 5.74) is 4.21. The molecule has 1 N–H and O–H groups in total. The topological polar surface area (TPSA) is 95.9 Å². The van der Waals surface area contributed by atoms with E-state index in [9.17, 15) is 14.7 Å². The number of carbonyl (C=O) groups is 2. The first-order valence-electron chi connectivity index (χ1n) is 13.6. The molecule has 4 aromatic rings. The highest BCUT2D eigenvalue weighted by Gasteiger charge is 2.39. The van der Waals surface area contributed by atoms with Crippen molar-refractivity contribution in [2.45, 2.75) is 31.7 Å². The van der Waals surface area contributed by atoms with Crippen LogP contribution < -0.4 is 14.5 Å². The van der Waals surface area contributed by atoms with Crippen LogP contribution in [0.2, 0.25) is 5.02 Å². The summed E-state index contributed by atoms with van der Waals surface area (Å²) in [6.07, 6.45) is 3.67. The Balaban J connectivity index is 1.33. The first-order valence-corrected chi connectivity index (χ1v) is 14.8. The van der Waals surface area contributed by atoms with Crippen molar-refractivity contribution in [1.29, 1.82) is 0 Å². The summed E-state index contributed by atoms with van der Waals surface area (Å²) in [7, 11) is 1.99. The smallest absolute Gasteiger partial charge is 0.304 e. The first-order chi connectivity index (χ1) is 19.9. The number of fused-ring (bicyclic) bond motifs is 1. The van der Waals surface area contributed by atoms with Crippen LogP contribution in [0, 0.1) is 5.92 Å². The summed E-state index contributed by atoms with van der Waals surface area (Å²) >= 11 is 7.83. The van der Waals surface area contributed by atoms with Gasteiger partial charge in [-0.15, -0.1) is 11.3 Å². The molecule has 8 nitrogen and oxygen atoms in total. The Bertz CT molecular complexity index is 1590. The number of anilines is 2. The number of carbonyl (C=O) groups excluding carboxylic acids is 1. The van der Waals surface area contributed by atoms with Crippen molar-refractivity contribution >= 4 is 45.8 Å². The van der Waals surface area contributed by atoms with E-state index >= 15 is 0 Å². The van der Waals surface area contributed by atoms with Gasteiger partial charge in [0.15, 0.2) is 16.7 Å². The molecule has 0 spiro atoms. The Morgan fingerprint density at radius 2 is 1.98 bits per heavy atom. The minimum absolute atomic E-state index is 0.0198. The van der Waals surface area contributed by atoms with Crippen molar-refractivity contribution in [2.75, 3.05) is 30.0 Å². The van der Waals surface area contributed by atoms with Crippen LogP contribution in [0.3, 0.4) is 0 Å². The van der Waals surface area contributed by atoms with E-state index in [-0.39, 0.29) is 18.4 Å². The molecule has 10 heteroatoms. The number of likely N-dealkylation sites (N-methyl/N-ethyl adjacent to an activating group) is 1. The molecule has 0 bridgehead atoms. The van der Waals surface area contributed by atoms with E-state index in [1.54, 1.807) is 4.90 Å². The molecule has 2 aliphatic rings. The van der Waals surface area contributed by atoms with E-state index in [0.717, 1.165) is 53.2 Å². The maximum atomic E-state index is 13.9. The number of carboxylic acids is 1. The van der Waals surface area contributed by atoms with E-state index < -0.39 is 11.9 Å². The number of ether oxygens (including phenoxy) is 1. The predicted molar refractivity (Wildman–Crippen MR) is 161 cm³/mol. The minimum atomic E-state index is -0.993. The van der Waals surface area contributed by atoms with Crippen LogP contribution in [0.15, 0.2) is 66.2 Å². The zero-order valence-corrected chi connectivity index (χ0v) is 24.1. The number of benzene rings is 2. The normalized spacial score (nSPS) is 15.1. The van der Waals surface area contributed by atoms with Crippen molar-refractivity contribution < 1.29 is 19.4 Å². The van der Waals surface area contributed by atoms with Crippen LogP contribution in [-0.2, 0) is 16.0 Å². The lowest BCUT2D eigenvalue weighted by atomic mass is 9.94. The zero-order valence-electron chi connectivity index (χ0n) is 22.5. The van der Waals surface area contributed by atoms with Crippen molar-refractivity contribution in [3.8, 4) is 28.1 Å². The molecule has 6 rings (SSSR count). The fourth-order valence-electron chi connectivity index (χ4n) is 5.17. The number of rotatable bonds is 9. The number of hydrogen-bond donors (Lipinski definition) is 1. The minimum Gasteiger partial charge on any atom is -0.488 e. The average molecular weight is 589 g/mol. The first kappa shape index (κ1) is 27.2. The molecular formula is C31H29ClN4O4S. The lowest BCUT2D eigenvalue weighted by Crippen LogP contribution is -2.39. The van der Waals surface area contributed by atoms with Gasteiger partial charge < -0.3 is 14.7 Å². The van der Waals surface area contributed by atoms with Gasteiger partial charge in [-0.05, 0) is 48.6 Å². The summed E-state index contributed by atoms with van der Waals surface area (Å²) in [5.74, 6) is -0.358. The van der Waals surface area contributed by atoms with Crippen LogP contribution in [-0.4, -0.2) is 53.2 Å². The number of hydrogen-bond acceptors (Lipinski definition) is 7. The molecule has 0 radical (unpaired) electrons. The fourth-order valence-corrected chi connectivity index (χ4v) is 6.24. The lowest BCUT2D eigenvalue weighted by molar-refractivity contribution is -0.140. The van der Waals surface area contributed by atoms with Crippen LogP contribution in [0.5, 0.6) is 5.75 Å². The zero-order chi connectivity index (χ0) is 28.5. The number of thiazole rings is 1. The predicted octanol–water partition coefficient (Wildman–Crippen LogP) is 6.18. The average Bonchev–Trinajstić information content (AvgIpc) is 3.68. The highest BCUT2D eigenvalue weighted by atomic mass is 35.5. The monoisotopic (exact) mass is 588 g/mol. The third-order valence-corrected chi connectivity index (χ3v) is 8.47. The van der Waals surface area contributed by atoms with Gasteiger partial charge in [-0.2, -0.15) is 0 Å². The van der Waals surface area contributed by atoms with Crippen molar-refractivity contribution in [3.05, 3.63) is 76.8 Å². The second kappa shape index (κ2) is 11.5. The number of aliphatic carboxylic acids is 1. The van der Waals surface area contributed by atoms with Gasteiger partial charge in [-0.1, -0.05) is 48.0 Å².